The van der Waals surface area contributed by atoms with Gasteiger partial charge in [0.05, 0.1) is 12.4 Å². The molecule has 0 aliphatic rings. The topological polar surface area (TPSA) is 75.1 Å². The predicted octanol–water partition coefficient (Wildman–Crippen LogP) is 0.631. The summed E-state index contributed by atoms with van der Waals surface area (Å²) in [4.78, 5) is 19.1. The molecule has 0 aliphatic carbocycles. The van der Waals surface area contributed by atoms with Crippen LogP contribution in [0.15, 0.2) is 12.4 Å². The number of hydrogen-bond donors (Lipinski definition) is 2. The number of nitrogens with zero attached hydrogens (tertiary/aromatic N) is 2. The van der Waals surface area contributed by atoms with E-state index in [-0.39, 0.29) is 29.4 Å². The quantitative estimate of drug-likeness (QED) is 0.794. The molecule has 1 rings (SSSR count). The van der Waals surface area contributed by atoms with Crippen LogP contribution in [0.25, 0.3) is 0 Å². The van der Waals surface area contributed by atoms with Gasteiger partial charge in [0.15, 0.2) is 0 Å². The van der Waals surface area contributed by atoms with E-state index in [2.05, 4.69) is 15.3 Å². The van der Waals surface area contributed by atoms with Gasteiger partial charge in [0.25, 0.3) is 5.91 Å². The molecule has 1 unspecified atom stereocenters. The highest BCUT2D eigenvalue weighted by atomic mass is 35.5. The fourth-order valence-electron chi connectivity index (χ4n) is 1.02. The summed E-state index contributed by atoms with van der Waals surface area (Å²) in [6.07, 6.45) is 3.20. The van der Waals surface area contributed by atoms with Crippen molar-refractivity contribution in [1.82, 2.24) is 15.3 Å². The summed E-state index contributed by atoms with van der Waals surface area (Å²) < 4.78 is 0. The minimum Gasteiger partial charge on any atom is -0.396 e. The SMILES string of the molecule is CC(CCO)NC(=O)c1cncc(Cl)n1. The Morgan fingerprint density at radius 3 is 3.00 bits per heavy atom. The van der Waals surface area contributed by atoms with Crippen LogP contribution >= 0.6 is 11.6 Å². The molecule has 0 radical (unpaired) electrons. The summed E-state index contributed by atoms with van der Waals surface area (Å²) in [6, 6.07) is -0.108. The molecule has 15 heavy (non-hydrogen) atoms. The van der Waals surface area contributed by atoms with Gasteiger partial charge in [-0.3, -0.25) is 9.78 Å². The number of nitrogens with one attached hydrogen (secondary N) is 1. The molecule has 0 aliphatic heterocycles. The van der Waals surface area contributed by atoms with E-state index in [1.165, 1.54) is 12.4 Å². The lowest BCUT2D eigenvalue weighted by Gasteiger charge is -2.11. The molecule has 0 saturated heterocycles. The van der Waals surface area contributed by atoms with Gasteiger partial charge in [0.1, 0.15) is 10.8 Å². The van der Waals surface area contributed by atoms with E-state index in [0.29, 0.717) is 6.42 Å². The van der Waals surface area contributed by atoms with Crippen molar-refractivity contribution in [2.24, 2.45) is 0 Å². The van der Waals surface area contributed by atoms with Crippen molar-refractivity contribution >= 4 is 17.5 Å². The highest BCUT2D eigenvalue weighted by Crippen LogP contribution is 2.02. The Kier molecular flexibility index (Phi) is 4.45. The molecule has 1 heterocycles. The Labute approximate surface area is 92.5 Å². The van der Waals surface area contributed by atoms with Crippen molar-refractivity contribution in [2.75, 3.05) is 6.61 Å². The second-order valence-corrected chi connectivity index (χ2v) is 3.50. The maximum atomic E-state index is 11.5. The van der Waals surface area contributed by atoms with Crippen molar-refractivity contribution in [3.05, 3.63) is 23.2 Å². The van der Waals surface area contributed by atoms with E-state index < -0.39 is 0 Å². The largest absolute Gasteiger partial charge is 0.396 e. The number of halogens is 1. The average molecular weight is 230 g/mol. The number of carbonyl (C=O) groups excluding carboxylic acids is 1. The van der Waals surface area contributed by atoms with E-state index in [1.54, 1.807) is 6.92 Å². The number of amides is 1. The molecular formula is C9H12ClN3O2. The van der Waals surface area contributed by atoms with Crippen molar-refractivity contribution in [2.45, 2.75) is 19.4 Å². The summed E-state index contributed by atoms with van der Waals surface area (Å²) in [5.41, 5.74) is 0.173. The maximum absolute atomic E-state index is 11.5. The van der Waals surface area contributed by atoms with Gasteiger partial charge in [-0.1, -0.05) is 11.6 Å². The predicted molar refractivity (Wildman–Crippen MR) is 55.7 cm³/mol. The molecule has 0 saturated carbocycles. The zero-order valence-corrected chi connectivity index (χ0v) is 9.03. The Morgan fingerprint density at radius 2 is 2.40 bits per heavy atom. The van der Waals surface area contributed by atoms with E-state index in [1.807, 2.05) is 0 Å². The van der Waals surface area contributed by atoms with Gasteiger partial charge in [0, 0.05) is 12.6 Å². The summed E-state index contributed by atoms with van der Waals surface area (Å²) >= 11 is 5.59. The monoisotopic (exact) mass is 229 g/mol. The molecule has 1 aromatic rings. The van der Waals surface area contributed by atoms with E-state index in [4.69, 9.17) is 16.7 Å². The average Bonchev–Trinajstić information content (AvgIpc) is 2.18. The first-order valence-corrected chi connectivity index (χ1v) is 4.90. The van der Waals surface area contributed by atoms with Crippen LogP contribution in [-0.4, -0.2) is 33.6 Å². The number of aromatic nitrogens is 2. The fourth-order valence-corrected chi connectivity index (χ4v) is 1.16. The van der Waals surface area contributed by atoms with Crippen molar-refractivity contribution in [3.8, 4) is 0 Å². The van der Waals surface area contributed by atoms with Crippen LogP contribution in [0.3, 0.4) is 0 Å². The van der Waals surface area contributed by atoms with Gasteiger partial charge in [-0.15, -0.1) is 0 Å². The molecule has 6 heteroatoms. The molecule has 0 bridgehead atoms. The van der Waals surface area contributed by atoms with Crippen LogP contribution in [0.2, 0.25) is 5.15 Å². The van der Waals surface area contributed by atoms with Gasteiger partial charge >= 0.3 is 0 Å². The van der Waals surface area contributed by atoms with Gasteiger partial charge in [-0.25, -0.2) is 4.98 Å². The minimum atomic E-state index is -0.342. The Morgan fingerprint density at radius 1 is 1.67 bits per heavy atom. The second kappa shape index (κ2) is 5.63. The van der Waals surface area contributed by atoms with E-state index in [9.17, 15) is 4.79 Å². The van der Waals surface area contributed by atoms with Gasteiger partial charge in [0.2, 0.25) is 0 Å². The van der Waals surface area contributed by atoms with Crippen LogP contribution < -0.4 is 5.32 Å². The molecule has 0 fully saturated rings. The molecule has 5 nitrogen and oxygen atoms in total. The Balaban J connectivity index is 2.61. The van der Waals surface area contributed by atoms with Crippen LogP contribution in [0.5, 0.6) is 0 Å². The Bertz CT molecular complexity index is 346. The first-order chi connectivity index (χ1) is 7.13. The normalized spacial score (nSPS) is 12.2. The molecule has 1 amide bonds. The highest BCUT2D eigenvalue weighted by molar-refractivity contribution is 6.29. The first-order valence-electron chi connectivity index (χ1n) is 4.52. The summed E-state index contributed by atoms with van der Waals surface area (Å²) in [6.45, 7) is 1.83. The van der Waals surface area contributed by atoms with E-state index >= 15 is 0 Å². The summed E-state index contributed by atoms with van der Waals surface area (Å²) in [7, 11) is 0. The fraction of sp³-hybridized carbons (Fsp3) is 0.444. The molecule has 82 valence electrons. The standard InChI is InChI=1S/C9H12ClN3O2/c1-6(2-3-14)12-9(15)7-4-11-5-8(10)13-7/h4-6,14H,2-3H2,1H3,(H,12,15). The zero-order valence-electron chi connectivity index (χ0n) is 8.27. The van der Waals surface area contributed by atoms with Crippen molar-refractivity contribution < 1.29 is 9.90 Å². The van der Waals surface area contributed by atoms with Gasteiger partial charge in [-0.2, -0.15) is 0 Å². The smallest absolute Gasteiger partial charge is 0.271 e. The van der Waals surface area contributed by atoms with Crippen LogP contribution in [0, 0.1) is 0 Å². The minimum absolute atomic E-state index is 0.0304. The number of rotatable bonds is 4. The lowest BCUT2D eigenvalue weighted by Crippen LogP contribution is -2.33. The van der Waals surface area contributed by atoms with Gasteiger partial charge in [-0.05, 0) is 13.3 Å². The van der Waals surface area contributed by atoms with Gasteiger partial charge < -0.3 is 10.4 Å². The van der Waals surface area contributed by atoms with E-state index in [0.717, 1.165) is 0 Å². The number of aliphatic hydroxyl groups excluding tert-OH is 1. The number of hydrogen-bond acceptors (Lipinski definition) is 4. The third kappa shape index (κ3) is 3.81. The van der Waals surface area contributed by atoms with Crippen molar-refractivity contribution in [1.29, 1.82) is 0 Å². The van der Waals surface area contributed by atoms with Crippen LogP contribution in [0.4, 0.5) is 0 Å². The maximum Gasteiger partial charge on any atom is 0.271 e. The second-order valence-electron chi connectivity index (χ2n) is 3.11. The van der Waals surface area contributed by atoms with Crippen molar-refractivity contribution in [3.63, 3.8) is 0 Å². The molecule has 1 atom stereocenters. The molecule has 0 spiro atoms. The molecule has 1 aromatic heterocycles. The van der Waals surface area contributed by atoms with Crippen LogP contribution in [0.1, 0.15) is 23.8 Å². The molecule has 0 aromatic carbocycles. The van der Waals surface area contributed by atoms with Crippen LogP contribution in [-0.2, 0) is 0 Å². The lowest BCUT2D eigenvalue weighted by molar-refractivity contribution is 0.0929. The first kappa shape index (κ1) is 11.9. The zero-order chi connectivity index (χ0) is 11.3. The lowest BCUT2D eigenvalue weighted by atomic mass is 10.2. The Hall–Kier alpha value is -1.20. The molecular weight excluding hydrogens is 218 g/mol. The third-order valence-electron chi connectivity index (χ3n) is 1.78. The summed E-state index contributed by atoms with van der Waals surface area (Å²) in [5, 5.41) is 11.5. The highest BCUT2D eigenvalue weighted by Gasteiger charge is 2.11. The molecule has 2 N–H and O–H groups in total. The third-order valence-corrected chi connectivity index (χ3v) is 1.96. The summed E-state index contributed by atoms with van der Waals surface area (Å²) in [5.74, 6) is -0.342. The number of carbonyl (C=O) groups is 1. The number of aliphatic hydroxyl groups is 1.